The van der Waals surface area contributed by atoms with Gasteiger partial charge in [-0.15, -0.1) is 5.10 Å². The molecule has 0 N–H and O–H groups in total. The van der Waals surface area contributed by atoms with E-state index >= 15 is 0 Å². The molecule has 0 radical (unpaired) electrons. The second-order valence-electron chi connectivity index (χ2n) is 7.18. The summed E-state index contributed by atoms with van der Waals surface area (Å²) in [6.07, 6.45) is 6.20. The number of halogens is 2. The summed E-state index contributed by atoms with van der Waals surface area (Å²) >= 11 is 0. The zero-order valence-electron chi connectivity index (χ0n) is 13.6. The molecule has 3 atom stereocenters. The Balaban J connectivity index is 1.24. The Morgan fingerprint density at radius 1 is 1.32 bits per heavy atom. The molecule has 134 valence electrons. The minimum absolute atomic E-state index is 0.255. The van der Waals surface area contributed by atoms with E-state index in [1.165, 1.54) is 6.42 Å². The first-order chi connectivity index (χ1) is 12.1. The molecule has 1 aromatic rings. The molecule has 9 heteroatoms. The maximum atomic E-state index is 12.2. The summed E-state index contributed by atoms with van der Waals surface area (Å²) in [6, 6.07) is 0. The van der Waals surface area contributed by atoms with Crippen LogP contribution in [0, 0.1) is 5.92 Å². The van der Waals surface area contributed by atoms with E-state index in [2.05, 4.69) is 25.2 Å². The van der Waals surface area contributed by atoms with Gasteiger partial charge in [0.1, 0.15) is 5.76 Å². The molecule has 4 aliphatic rings. The first kappa shape index (κ1) is 15.4. The van der Waals surface area contributed by atoms with Gasteiger partial charge < -0.3 is 9.47 Å². The SMILES string of the molecule is FC(F)OC1=CC=C(Cn2nnnc2CN2C[C@H]3OC[C@@H]4CC432)CC1. The number of alkyl halides is 2. The van der Waals surface area contributed by atoms with Gasteiger partial charge in [0.15, 0.2) is 5.82 Å². The summed E-state index contributed by atoms with van der Waals surface area (Å²) in [4.78, 5) is 2.43. The molecule has 1 unspecified atom stereocenters. The molecule has 2 aliphatic heterocycles. The molecule has 25 heavy (non-hydrogen) atoms. The van der Waals surface area contributed by atoms with Crippen LogP contribution in [0.3, 0.4) is 0 Å². The van der Waals surface area contributed by atoms with Crippen molar-refractivity contribution in [3.63, 3.8) is 0 Å². The van der Waals surface area contributed by atoms with E-state index < -0.39 is 6.61 Å². The van der Waals surface area contributed by atoms with Gasteiger partial charge in [-0.25, -0.2) is 4.68 Å². The van der Waals surface area contributed by atoms with Gasteiger partial charge in [0.2, 0.25) is 0 Å². The lowest BCUT2D eigenvalue weighted by atomic mass is 9.95. The topological polar surface area (TPSA) is 65.3 Å². The fraction of sp³-hybridized carbons (Fsp3) is 0.688. The fourth-order valence-electron chi connectivity index (χ4n) is 4.41. The lowest BCUT2D eigenvalue weighted by Crippen LogP contribution is -2.61. The highest BCUT2D eigenvalue weighted by Gasteiger charge is 2.73. The van der Waals surface area contributed by atoms with Crippen molar-refractivity contribution < 1.29 is 18.3 Å². The maximum Gasteiger partial charge on any atom is 0.387 e. The fourth-order valence-corrected chi connectivity index (χ4v) is 4.41. The average Bonchev–Trinajstić information content (AvgIpc) is 3.10. The third-order valence-electron chi connectivity index (χ3n) is 5.88. The Labute approximate surface area is 143 Å². The molecule has 7 nitrogen and oxygen atoms in total. The molecule has 5 rings (SSSR count). The average molecular weight is 351 g/mol. The van der Waals surface area contributed by atoms with Gasteiger partial charge >= 0.3 is 6.61 Å². The molecule has 0 aromatic carbocycles. The molecule has 0 bridgehead atoms. The van der Waals surface area contributed by atoms with Crippen LogP contribution in [0.1, 0.15) is 25.1 Å². The lowest BCUT2D eigenvalue weighted by molar-refractivity contribution is -0.0985. The second-order valence-corrected chi connectivity index (χ2v) is 7.18. The van der Waals surface area contributed by atoms with Crippen molar-refractivity contribution in [3.8, 4) is 0 Å². The summed E-state index contributed by atoms with van der Waals surface area (Å²) in [7, 11) is 0. The molecule has 0 amide bonds. The number of tetrazole rings is 1. The van der Waals surface area contributed by atoms with Gasteiger partial charge in [0, 0.05) is 18.9 Å². The van der Waals surface area contributed by atoms with Crippen LogP contribution in [0.5, 0.6) is 0 Å². The summed E-state index contributed by atoms with van der Waals surface area (Å²) < 4.78 is 36.5. The molecule has 1 saturated carbocycles. The van der Waals surface area contributed by atoms with E-state index in [0.29, 0.717) is 37.2 Å². The van der Waals surface area contributed by atoms with Gasteiger partial charge in [-0.05, 0) is 34.9 Å². The van der Waals surface area contributed by atoms with Crippen molar-refractivity contribution in [1.82, 2.24) is 25.1 Å². The number of nitrogens with zero attached hydrogens (tertiary/aromatic N) is 5. The van der Waals surface area contributed by atoms with E-state index in [-0.39, 0.29) is 5.54 Å². The molecular weight excluding hydrogens is 332 g/mol. The van der Waals surface area contributed by atoms with Crippen molar-refractivity contribution in [2.75, 3.05) is 13.2 Å². The highest BCUT2D eigenvalue weighted by Crippen LogP contribution is 2.62. The summed E-state index contributed by atoms with van der Waals surface area (Å²) in [6.45, 7) is 0.368. The molecule has 1 spiro atoms. The van der Waals surface area contributed by atoms with Crippen LogP contribution in [-0.2, 0) is 22.6 Å². The second kappa shape index (κ2) is 5.57. The van der Waals surface area contributed by atoms with Crippen molar-refractivity contribution in [3.05, 3.63) is 29.3 Å². The van der Waals surface area contributed by atoms with Gasteiger partial charge in [0.05, 0.1) is 31.3 Å². The predicted octanol–water partition coefficient (Wildman–Crippen LogP) is 1.49. The highest BCUT2D eigenvalue weighted by molar-refractivity contribution is 5.27. The summed E-state index contributed by atoms with van der Waals surface area (Å²) in [5, 5.41) is 12.1. The predicted molar refractivity (Wildman–Crippen MR) is 81.3 cm³/mol. The first-order valence-corrected chi connectivity index (χ1v) is 8.60. The quantitative estimate of drug-likeness (QED) is 0.774. The number of aromatic nitrogens is 4. The molecule has 2 saturated heterocycles. The van der Waals surface area contributed by atoms with Gasteiger partial charge in [-0.2, -0.15) is 8.78 Å². The number of ether oxygens (including phenoxy) is 2. The Morgan fingerprint density at radius 2 is 2.24 bits per heavy atom. The standard InChI is InChI=1S/C16H19F2N5O2/c17-15(18)25-12-3-1-10(2-4-12)6-23-14(19-20-21-23)8-22-7-13-16(22)5-11(16)9-24-13/h1,3,11,13,15H,2,4-9H2/t11-,13+,16?/m0/s1. The monoisotopic (exact) mass is 351 g/mol. The van der Waals surface area contributed by atoms with Crippen molar-refractivity contribution in [1.29, 1.82) is 0 Å². The number of hydrogen-bond acceptors (Lipinski definition) is 6. The smallest absolute Gasteiger partial charge is 0.387 e. The van der Waals surface area contributed by atoms with Crippen LogP contribution in [-0.4, -0.2) is 56.5 Å². The van der Waals surface area contributed by atoms with Crippen LogP contribution in [0.2, 0.25) is 0 Å². The molecule has 3 heterocycles. The normalized spacial score (nSPS) is 33.4. The first-order valence-electron chi connectivity index (χ1n) is 8.60. The van der Waals surface area contributed by atoms with Crippen LogP contribution < -0.4 is 0 Å². The Kier molecular flexibility index (Phi) is 3.43. The highest BCUT2D eigenvalue weighted by atomic mass is 19.3. The summed E-state index contributed by atoms with van der Waals surface area (Å²) in [5.74, 6) is 1.84. The van der Waals surface area contributed by atoms with Gasteiger partial charge in [-0.3, -0.25) is 4.90 Å². The number of hydrogen-bond donors (Lipinski definition) is 0. The Hall–Kier alpha value is -1.87. The van der Waals surface area contributed by atoms with Crippen molar-refractivity contribution in [2.45, 2.75) is 50.6 Å². The van der Waals surface area contributed by atoms with Crippen molar-refractivity contribution >= 4 is 0 Å². The molecule has 3 fully saturated rings. The molecule has 1 aromatic heterocycles. The van der Waals surface area contributed by atoms with Crippen molar-refractivity contribution in [2.24, 2.45) is 5.92 Å². The van der Waals surface area contributed by atoms with E-state index in [1.54, 1.807) is 10.8 Å². The zero-order valence-corrected chi connectivity index (χ0v) is 13.6. The summed E-state index contributed by atoms with van der Waals surface area (Å²) in [5.41, 5.74) is 1.36. The Morgan fingerprint density at radius 3 is 2.96 bits per heavy atom. The van der Waals surface area contributed by atoms with E-state index in [0.717, 1.165) is 31.1 Å². The third-order valence-corrected chi connectivity index (χ3v) is 5.88. The van der Waals surface area contributed by atoms with Crippen LogP contribution >= 0.6 is 0 Å². The van der Waals surface area contributed by atoms with Crippen LogP contribution in [0.25, 0.3) is 0 Å². The molecule has 2 aliphatic carbocycles. The largest absolute Gasteiger partial charge is 0.439 e. The lowest BCUT2D eigenvalue weighted by Gasteiger charge is -2.46. The number of allylic oxidation sites excluding steroid dienone is 4. The van der Waals surface area contributed by atoms with E-state index in [4.69, 9.17) is 4.74 Å². The molecular formula is C16H19F2N5O2. The number of likely N-dealkylation sites (tertiary alicyclic amines) is 1. The number of rotatable bonds is 6. The van der Waals surface area contributed by atoms with Gasteiger partial charge in [-0.1, -0.05) is 6.08 Å². The van der Waals surface area contributed by atoms with E-state index in [1.807, 2.05) is 6.08 Å². The van der Waals surface area contributed by atoms with Gasteiger partial charge in [0.25, 0.3) is 0 Å². The van der Waals surface area contributed by atoms with Crippen LogP contribution in [0.15, 0.2) is 23.5 Å². The minimum atomic E-state index is -2.77. The Bertz CT molecular complexity index is 749. The minimum Gasteiger partial charge on any atom is -0.439 e. The van der Waals surface area contributed by atoms with E-state index in [9.17, 15) is 8.78 Å². The maximum absolute atomic E-state index is 12.2. The third kappa shape index (κ3) is 2.48. The van der Waals surface area contributed by atoms with Crippen LogP contribution in [0.4, 0.5) is 8.78 Å². The zero-order chi connectivity index (χ0) is 17.0.